The summed E-state index contributed by atoms with van der Waals surface area (Å²) in [5, 5.41) is 40.3. The molecule has 0 aliphatic rings. The number of fused-ring (bicyclic) bond motifs is 2. The Morgan fingerprint density at radius 2 is 0.889 bits per heavy atom. The number of aliphatic hydroxyl groups is 2. The maximum atomic E-state index is 13.7. The van der Waals surface area contributed by atoms with E-state index in [4.69, 9.17) is 41.5 Å². The summed E-state index contributed by atoms with van der Waals surface area (Å²) in [6.07, 6.45) is -2.97. The van der Waals surface area contributed by atoms with Gasteiger partial charge in [-0.15, -0.1) is 0 Å². The number of aromatic nitrogens is 2. The average Bonchev–Trinajstić information content (AvgIpc) is 0.821. The highest BCUT2D eigenvalue weighted by Gasteiger charge is 2.36. The number of para-hydroxylation sites is 2. The lowest BCUT2D eigenvalue weighted by Crippen LogP contribution is -2.56. The van der Waals surface area contributed by atoms with Gasteiger partial charge in [-0.25, -0.2) is 31.6 Å². The second-order valence-electron chi connectivity index (χ2n) is 22.8. The Morgan fingerprint density at radius 1 is 0.505 bits per heavy atom. The van der Waals surface area contributed by atoms with Crippen LogP contribution < -0.4 is 42.6 Å². The van der Waals surface area contributed by atoms with Crippen LogP contribution in [0.4, 0.5) is 0 Å². The van der Waals surface area contributed by atoms with Crippen molar-refractivity contribution in [1.29, 1.82) is 0 Å². The number of nitrogens with zero attached hydrogens (tertiary/aromatic N) is 4. The van der Waals surface area contributed by atoms with Crippen molar-refractivity contribution in [2.75, 3.05) is 27.3 Å². The molecule has 0 bridgehead atoms. The minimum atomic E-state index is -4.30. The van der Waals surface area contributed by atoms with Crippen LogP contribution in [0.2, 0.25) is 0 Å². The number of carboxylic acids is 1. The molecule has 27 nitrogen and oxygen atoms in total. The van der Waals surface area contributed by atoms with Gasteiger partial charge < -0.3 is 57.9 Å². The molecule has 5 amide bonds. The van der Waals surface area contributed by atoms with Gasteiger partial charge in [0.25, 0.3) is 31.9 Å². The second kappa shape index (κ2) is 37.8. The summed E-state index contributed by atoms with van der Waals surface area (Å²) < 4.78 is 65.5. The molecule has 8 atom stereocenters. The third-order valence-corrected chi connectivity index (χ3v) is 18.5. The zero-order chi connectivity index (χ0) is 72.4. The number of carbonyl (C=O) groups excluding carboxylic acids is 5. The Balaban J connectivity index is 0.000000260. The summed E-state index contributed by atoms with van der Waals surface area (Å²) in [7, 11) is -5.33. The van der Waals surface area contributed by atoms with Crippen LogP contribution in [0.5, 0.6) is 11.5 Å². The molecule has 0 spiro atoms. The molecular weight excluding hydrogens is 1320 g/mol. The van der Waals surface area contributed by atoms with Crippen LogP contribution in [0, 0.1) is 0 Å². The molecule has 0 fully saturated rings. The third-order valence-electron chi connectivity index (χ3n) is 15.3. The molecule has 8 aromatic rings. The predicted molar refractivity (Wildman–Crippen MR) is 369 cm³/mol. The number of methoxy groups -OCH3 is 2. The number of aliphatic carboxylic acids is 1. The number of hydrogen-bond acceptors (Lipinski definition) is 19. The van der Waals surface area contributed by atoms with E-state index in [-0.39, 0.29) is 40.2 Å². The molecule has 6 aromatic carbocycles. The van der Waals surface area contributed by atoms with Crippen LogP contribution in [0.3, 0.4) is 0 Å². The number of nitrogens with one attached hydrogen (secondary N) is 3. The van der Waals surface area contributed by atoms with Gasteiger partial charge in [-0.3, -0.25) is 33.6 Å². The zero-order valence-corrected chi connectivity index (χ0v) is 57.1. The fraction of sp³-hybridized carbons (Fsp3) is 0.314. The van der Waals surface area contributed by atoms with Crippen molar-refractivity contribution >= 4 is 77.4 Å². The van der Waals surface area contributed by atoms with Gasteiger partial charge in [0.2, 0.25) is 17.7 Å². The summed E-state index contributed by atoms with van der Waals surface area (Å²) in [6.45, 7) is 6.33. The van der Waals surface area contributed by atoms with E-state index in [9.17, 15) is 55.8 Å². The zero-order valence-electron chi connectivity index (χ0n) is 55.5. The molecule has 99 heavy (non-hydrogen) atoms. The van der Waals surface area contributed by atoms with Crippen molar-refractivity contribution < 1.29 is 80.1 Å². The second-order valence-corrected chi connectivity index (χ2v) is 26.4. The van der Waals surface area contributed by atoms with Crippen LogP contribution in [0.1, 0.15) is 85.5 Å². The fourth-order valence-corrected chi connectivity index (χ4v) is 12.0. The number of pyridine rings is 2. The smallest absolute Gasteiger partial charge is 0.326 e. The van der Waals surface area contributed by atoms with Gasteiger partial charge in [0, 0.05) is 16.8 Å². The first-order valence-corrected chi connectivity index (χ1v) is 34.3. The van der Waals surface area contributed by atoms with Crippen molar-refractivity contribution in [2.45, 2.75) is 125 Å². The van der Waals surface area contributed by atoms with E-state index < -0.39 is 117 Å². The van der Waals surface area contributed by atoms with Crippen molar-refractivity contribution in [2.24, 2.45) is 17.2 Å². The molecule has 0 aliphatic carbocycles. The summed E-state index contributed by atoms with van der Waals surface area (Å²) in [5.74, 6) is -4.21. The first kappa shape index (κ1) is 78.2. The van der Waals surface area contributed by atoms with Gasteiger partial charge >= 0.3 is 5.97 Å². The summed E-state index contributed by atoms with van der Waals surface area (Å²) in [6, 6.07) is 46.4. The Labute approximate surface area is 574 Å². The summed E-state index contributed by atoms with van der Waals surface area (Å²) in [5.41, 5.74) is 19.5. The molecule has 0 radical (unpaired) electrons. The largest absolute Gasteiger partial charge is 0.497 e. The van der Waals surface area contributed by atoms with Crippen LogP contribution in [-0.2, 0) is 61.7 Å². The molecule has 8 unspecified atom stereocenters. The third kappa shape index (κ3) is 23.7. The number of rotatable bonds is 33. The molecule has 29 heteroatoms. The molecule has 528 valence electrons. The van der Waals surface area contributed by atoms with Gasteiger partial charge in [0.15, 0.2) is 0 Å². The highest BCUT2D eigenvalue weighted by atomic mass is 32.2. The number of carbonyl (C=O) groups is 6. The summed E-state index contributed by atoms with van der Waals surface area (Å²) >= 11 is 0. The van der Waals surface area contributed by atoms with Crippen molar-refractivity contribution in [3.8, 4) is 11.5 Å². The lowest BCUT2D eigenvalue weighted by molar-refractivity contribution is -0.144. The number of hydrogen-bond donors (Lipinski definition) is 9. The van der Waals surface area contributed by atoms with Gasteiger partial charge in [0.1, 0.15) is 35.0 Å². The normalized spacial score (nSPS) is 13.9. The number of amides is 5. The first-order chi connectivity index (χ1) is 47.1. The van der Waals surface area contributed by atoms with E-state index >= 15 is 0 Å². The maximum absolute atomic E-state index is 13.7. The molecule has 2 aromatic heterocycles. The Morgan fingerprint density at radius 3 is 1.29 bits per heavy atom. The number of ether oxygens (including phenoxy) is 2. The highest BCUT2D eigenvalue weighted by molar-refractivity contribution is 7.89. The number of sulfonamides is 2. The van der Waals surface area contributed by atoms with E-state index in [2.05, 4.69) is 25.9 Å². The summed E-state index contributed by atoms with van der Waals surface area (Å²) in [4.78, 5) is 92.6. The van der Waals surface area contributed by atoms with Crippen molar-refractivity contribution in [3.63, 3.8) is 0 Å². The molecule has 0 saturated carbocycles. The van der Waals surface area contributed by atoms with Crippen LogP contribution in [0.25, 0.3) is 21.8 Å². The van der Waals surface area contributed by atoms with Crippen molar-refractivity contribution in [3.05, 3.63) is 205 Å². The minimum Gasteiger partial charge on any atom is -0.497 e. The van der Waals surface area contributed by atoms with Gasteiger partial charge in [-0.05, 0) is 123 Å². The predicted octanol–water partition coefficient (Wildman–Crippen LogP) is 5.37. The van der Waals surface area contributed by atoms with Crippen LogP contribution >= 0.6 is 0 Å². The fourth-order valence-electron chi connectivity index (χ4n) is 9.36. The molecule has 8 rings (SSSR count). The monoisotopic (exact) mass is 1400 g/mol. The standard InChI is InChI=1S/C35H41N5O8S.C21H30N2O5S.C14H13N3O4/c1-4-23(2)48-40(49(45,46)27-17-15-26(47-3)16-18-27)22-32(41)30(20-24-10-6-5-7-11-24)38-35(44)31(21-33(36)42)39-34(43)29-19-14-25-12-8-9-13-28(25)37-29;1-4-16(2)28-23(29(25,26)19-12-10-18(27-3)11-13-19)15-21(24)20(22)14-17-8-6-5-7-9-17;15-12(18)7-11(14(20)21)17-13(19)10-6-5-8-3-1-2-4-9(8)16-10/h5-19,23,30-32,41H,4,20-22H2,1-3H3,(H2,36,42)(H,38,44)(H,39,43);5-13,16,20-21,24H,4,14-15,22H2,1-3H3;1-6,11H,7H2,(H2,15,18)(H,17,19)(H,20,21). The van der Waals surface area contributed by atoms with E-state index in [1.54, 1.807) is 92.7 Å². The SMILES string of the molecule is CCC(C)ON(CC(O)C(Cc1ccccc1)NC(=O)C(CC(N)=O)NC(=O)c1ccc2ccccc2n1)S(=O)(=O)c1ccc(OC)cc1.CCC(C)ON(CC(O)C(N)Cc1ccccc1)S(=O)(=O)c1ccc(OC)cc1.NC(=O)CC(NC(=O)c1ccc2ccccc2n1)C(=O)O. The number of aliphatic hydroxyl groups excluding tert-OH is 2. The van der Waals surface area contributed by atoms with E-state index in [0.29, 0.717) is 46.3 Å². The maximum Gasteiger partial charge on any atom is 0.326 e. The van der Waals surface area contributed by atoms with E-state index in [1.807, 2.05) is 68.4 Å². The molecular formula is C70H84N10O17S2. The molecule has 0 saturated heterocycles. The Hall–Kier alpha value is -9.82. The first-order valence-electron chi connectivity index (χ1n) is 31.5. The lowest BCUT2D eigenvalue weighted by atomic mass is 10.00. The van der Waals surface area contributed by atoms with Gasteiger partial charge in [-0.1, -0.05) is 132 Å². The number of hydroxylamine groups is 2. The number of primary amides is 2. The Bertz CT molecular complexity index is 4200. The highest BCUT2D eigenvalue weighted by Crippen LogP contribution is 2.25. The van der Waals surface area contributed by atoms with Gasteiger partial charge in [-0.2, -0.15) is 0 Å². The average molecular weight is 1400 g/mol. The lowest BCUT2D eigenvalue weighted by Gasteiger charge is -2.31. The number of nitrogens with two attached hydrogens (primary N) is 3. The molecule has 2 heterocycles. The van der Waals surface area contributed by atoms with Crippen LogP contribution in [0.15, 0.2) is 192 Å². The van der Waals surface area contributed by atoms with E-state index in [1.165, 1.54) is 62.8 Å². The number of benzene rings is 6. The van der Waals surface area contributed by atoms with Gasteiger partial charge in [0.05, 0.1) is 91.4 Å². The van der Waals surface area contributed by atoms with Crippen molar-refractivity contribution in [1.82, 2.24) is 34.9 Å². The quantitative estimate of drug-likeness (QED) is 0.0233. The van der Waals surface area contributed by atoms with Crippen LogP contribution in [-0.4, -0.2) is 162 Å². The topological polar surface area (TPSA) is 415 Å². The minimum absolute atomic E-state index is 0.0170. The van der Waals surface area contributed by atoms with E-state index in [0.717, 1.165) is 26.4 Å². The molecule has 0 aliphatic heterocycles. The molecule has 12 N–H and O–H groups in total. The number of carboxylic acid groups (broad SMARTS) is 1. The Kier molecular flexibility index (Phi) is 29.8.